The lowest BCUT2D eigenvalue weighted by atomic mass is 10.0. The number of amides is 1. The van der Waals surface area contributed by atoms with E-state index in [2.05, 4.69) is 20.8 Å². The van der Waals surface area contributed by atoms with Gasteiger partial charge in [0.1, 0.15) is 5.01 Å². The number of carbonyl (C=O) groups excluding carboxylic acids is 1. The standard InChI is InChI=1S/C13H16N4OS/c1-9-16-17-13(19-9)15-12(18)11-6-4-3-5-10(11)7-8-14-2/h3-6,14H,7-8H2,1-2H3,(H,15,17,18). The summed E-state index contributed by atoms with van der Waals surface area (Å²) in [4.78, 5) is 12.2. The molecule has 19 heavy (non-hydrogen) atoms. The van der Waals surface area contributed by atoms with Crippen LogP contribution in [0.2, 0.25) is 0 Å². The SMILES string of the molecule is CNCCc1ccccc1C(=O)Nc1nnc(C)s1. The lowest BCUT2D eigenvalue weighted by molar-refractivity contribution is 0.102. The number of hydrogen-bond acceptors (Lipinski definition) is 5. The van der Waals surface area contributed by atoms with Crippen molar-refractivity contribution in [3.8, 4) is 0 Å². The highest BCUT2D eigenvalue weighted by atomic mass is 32.1. The quantitative estimate of drug-likeness (QED) is 0.874. The van der Waals surface area contributed by atoms with Crippen LogP contribution in [0.3, 0.4) is 0 Å². The van der Waals surface area contributed by atoms with E-state index in [1.807, 2.05) is 38.2 Å². The van der Waals surface area contributed by atoms with Crippen LogP contribution < -0.4 is 10.6 Å². The molecule has 0 aliphatic rings. The number of aryl methyl sites for hydroxylation is 1. The van der Waals surface area contributed by atoms with Crippen LogP contribution in [0, 0.1) is 6.92 Å². The molecule has 1 aromatic carbocycles. The number of nitrogens with one attached hydrogen (secondary N) is 2. The molecule has 0 saturated carbocycles. The fraction of sp³-hybridized carbons (Fsp3) is 0.308. The van der Waals surface area contributed by atoms with Gasteiger partial charge in [-0.1, -0.05) is 29.5 Å². The molecule has 1 amide bonds. The highest BCUT2D eigenvalue weighted by molar-refractivity contribution is 7.15. The number of nitrogens with zero attached hydrogens (tertiary/aromatic N) is 2. The van der Waals surface area contributed by atoms with Gasteiger partial charge in [-0.25, -0.2) is 0 Å². The highest BCUT2D eigenvalue weighted by Crippen LogP contribution is 2.16. The van der Waals surface area contributed by atoms with Gasteiger partial charge in [-0.15, -0.1) is 10.2 Å². The smallest absolute Gasteiger partial charge is 0.257 e. The van der Waals surface area contributed by atoms with Crippen molar-refractivity contribution in [3.63, 3.8) is 0 Å². The fourth-order valence-corrected chi connectivity index (χ4v) is 2.32. The third-order valence-electron chi connectivity index (χ3n) is 2.65. The van der Waals surface area contributed by atoms with Gasteiger partial charge < -0.3 is 5.32 Å². The van der Waals surface area contributed by atoms with Crippen molar-refractivity contribution in [1.29, 1.82) is 0 Å². The summed E-state index contributed by atoms with van der Waals surface area (Å²) in [6, 6.07) is 7.60. The summed E-state index contributed by atoms with van der Waals surface area (Å²) in [5, 5.41) is 15.0. The summed E-state index contributed by atoms with van der Waals surface area (Å²) in [7, 11) is 1.90. The van der Waals surface area contributed by atoms with Crippen molar-refractivity contribution in [2.75, 3.05) is 18.9 Å². The molecule has 0 aliphatic heterocycles. The van der Waals surface area contributed by atoms with E-state index >= 15 is 0 Å². The first-order valence-electron chi connectivity index (χ1n) is 6.04. The molecule has 0 aliphatic carbocycles. The van der Waals surface area contributed by atoms with E-state index in [9.17, 15) is 4.79 Å². The molecular formula is C13H16N4OS. The molecule has 0 atom stereocenters. The van der Waals surface area contributed by atoms with Gasteiger partial charge >= 0.3 is 0 Å². The van der Waals surface area contributed by atoms with E-state index < -0.39 is 0 Å². The van der Waals surface area contributed by atoms with Gasteiger partial charge in [-0.3, -0.25) is 10.1 Å². The van der Waals surface area contributed by atoms with Crippen molar-refractivity contribution < 1.29 is 4.79 Å². The van der Waals surface area contributed by atoms with Crippen LogP contribution in [-0.4, -0.2) is 29.7 Å². The lowest BCUT2D eigenvalue weighted by Crippen LogP contribution is -2.17. The number of likely N-dealkylation sites (N-methyl/N-ethyl adjacent to an activating group) is 1. The molecule has 0 bridgehead atoms. The summed E-state index contributed by atoms with van der Waals surface area (Å²) in [6.07, 6.45) is 0.815. The molecule has 0 unspecified atom stereocenters. The van der Waals surface area contributed by atoms with Crippen molar-refractivity contribution in [2.45, 2.75) is 13.3 Å². The van der Waals surface area contributed by atoms with Gasteiger partial charge in [-0.2, -0.15) is 0 Å². The monoisotopic (exact) mass is 276 g/mol. The van der Waals surface area contributed by atoms with Crippen LogP contribution in [-0.2, 0) is 6.42 Å². The molecule has 0 saturated heterocycles. The minimum absolute atomic E-state index is 0.136. The Labute approximate surface area is 116 Å². The van der Waals surface area contributed by atoms with E-state index in [0.717, 1.165) is 23.5 Å². The molecule has 1 aromatic heterocycles. The predicted octanol–water partition coefficient (Wildman–Crippen LogP) is 1.86. The number of benzene rings is 1. The van der Waals surface area contributed by atoms with E-state index in [1.54, 1.807) is 0 Å². The summed E-state index contributed by atoms with van der Waals surface area (Å²) in [5.41, 5.74) is 1.71. The molecule has 5 nitrogen and oxygen atoms in total. The van der Waals surface area contributed by atoms with E-state index in [4.69, 9.17) is 0 Å². The van der Waals surface area contributed by atoms with Crippen molar-refractivity contribution in [1.82, 2.24) is 15.5 Å². The van der Waals surface area contributed by atoms with Gasteiger partial charge in [-0.05, 0) is 38.6 Å². The minimum Gasteiger partial charge on any atom is -0.319 e. The lowest BCUT2D eigenvalue weighted by Gasteiger charge is -2.08. The maximum Gasteiger partial charge on any atom is 0.257 e. The Balaban J connectivity index is 2.14. The molecule has 100 valence electrons. The van der Waals surface area contributed by atoms with Gasteiger partial charge in [0.25, 0.3) is 5.91 Å². The van der Waals surface area contributed by atoms with Crippen molar-refractivity contribution in [3.05, 3.63) is 40.4 Å². The maximum absolute atomic E-state index is 12.2. The molecule has 6 heteroatoms. The normalized spacial score (nSPS) is 10.4. The Morgan fingerprint density at radius 2 is 2.11 bits per heavy atom. The molecule has 2 N–H and O–H groups in total. The second kappa shape index (κ2) is 6.40. The van der Waals surface area contributed by atoms with Gasteiger partial charge in [0.05, 0.1) is 0 Å². The van der Waals surface area contributed by atoms with E-state index in [0.29, 0.717) is 10.7 Å². The van der Waals surface area contributed by atoms with Crippen LogP contribution >= 0.6 is 11.3 Å². The zero-order chi connectivity index (χ0) is 13.7. The van der Waals surface area contributed by atoms with E-state index in [1.165, 1.54) is 11.3 Å². The topological polar surface area (TPSA) is 66.9 Å². The summed E-state index contributed by atoms with van der Waals surface area (Å²) in [6.45, 7) is 2.69. The van der Waals surface area contributed by atoms with Crippen LogP contribution in [0.15, 0.2) is 24.3 Å². The molecular weight excluding hydrogens is 260 g/mol. The molecule has 0 radical (unpaired) electrons. The average molecular weight is 276 g/mol. The Bertz CT molecular complexity index is 567. The molecule has 0 fully saturated rings. The molecule has 2 aromatic rings. The van der Waals surface area contributed by atoms with Gasteiger partial charge in [0.15, 0.2) is 0 Å². The molecule has 0 spiro atoms. The largest absolute Gasteiger partial charge is 0.319 e. The van der Waals surface area contributed by atoms with Crippen LogP contribution in [0.5, 0.6) is 0 Å². The number of carbonyl (C=O) groups is 1. The van der Waals surface area contributed by atoms with Crippen LogP contribution in [0.4, 0.5) is 5.13 Å². The van der Waals surface area contributed by atoms with Crippen molar-refractivity contribution in [2.24, 2.45) is 0 Å². The number of aromatic nitrogens is 2. The Morgan fingerprint density at radius 1 is 1.32 bits per heavy atom. The fourth-order valence-electron chi connectivity index (χ4n) is 1.73. The van der Waals surface area contributed by atoms with Crippen LogP contribution in [0.1, 0.15) is 20.9 Å². The van der Waals surface area contributed by atoms with Crippen molar-refractivity contribution >= 4 is 22.4 Å². The minimum atomic E-state index is -0.136. The third kappa shape index (κ3) is 3.59. The van der Waals surface area contributed by atoms with E-state index in [-0.39, 0.29) is 5.91 Å². The Morgan fingerprint density at radius 3 is 2.79 bits per heavy atom. The van der Waals surface area contributed by atoms with Crippen LogP contribution in [0.25, 0.3) is 0 Å². The number of anilines is 1. The first kappa shape index (κ1) is 13.6. The summed E-state index contributed by atoms with van der Waals surface area (Å²) in [5.74, 6) is -0.136. The van der Waals surface area contributed by atoms with Gasteiger partial charge in [0, 0.05) is 5.56 Å². The maximum atomic E-state index is 12.2. The highest BCUT2D eigenvalue weighted by Gasteiger charge is 2.12. The Kier molecular flexibility index (Phi) is 4.59. The average Bonchev–Trinajstić information content (AvgIpc) is 2.82. The second-order valence-electron chi connectivity index (χ2n) is 4.09. The zero-order valence-corrected chi connectivity index (χ0v) is 11.8. The summed E-state index contributed by atoms with van der Waals surface area (Å²) < 4.78 is 0. The number of hydrogen-bond donors (Lipinski definition) is 2. The zero-order valence-electron chi connectivity index (χ0n) is 10.9. The molecule has 2 rings (SSSR count). The molecule has 1 heterocycles. The second-order valence-corrected chi connectivity index (χ2v) is 5.27. The Hall–Kier alpha value is -1.79. The number of rotatable bonds is 5. The van der Waals surface area contributed by atoms with Gasteiger partial charge in [0.2, 0.25) is 5.13 Å². The first-order chi connectivity index (χ1) is 9.20. The first-order valence-corrected chi connectivity index (χ1v) is 6.86. The predicted molar refractivity (Wildman–Crippen MR) is 76.7 cm³/mol. The third-order valence-corrected chi connectivity index (χ3v) is 3.41. The summed E-state index contributed by atoms with van der Waals surface area (Å²) >= 11 is 1.37.